The van der Waals surface area contributed by atoms with E-state index in [0.717, 1.165) is 18.2 Å². The first-order valence-corrected chi connectivity index (χ1v) is 5.75. The molecule has 0 atom stereocenters. The van der Waals surface area contributed by atoms with Crippen LogP contribution >= 0.6 is 0 Å². The fourth-order valence-electron chi connectivity index (χ4n) is 1.52. The lowest BCUT2D eigenvalue weighted by molar-refractivity contribution is -0.385. The Labute approximate surface area is 118 Å². The SMILES string of the molecule is CNc1cnc(C(=O)Nc2cc(F)cc([N+](=O)[O-])c2)cn1. The summed E-state index contributed by atoms with van der Waals surface area (Å²) in [6.45, 7) is 0. The van der Waals surface area contributed by atoms with Crippen molar-refractivity contribution in [1.29, 1.82) is 0 Å². The molecular weight excluding hydrogens is 281 g/mol. The van der Waals surface area contributed by atoms with E-state index >= 15 is 0 Å². The third-order valence-corrected chi connectivity index (χ3v) is 2.49. The van der Waals surface area contributed by atoms with Crippen LogP contribution in [0.5, 0.6) is 0 Å². The van der Waals surface area contributed by atoms with Gasteiger partial charge < -0.3 is 10.6 Å². The topological polar surface area (TPSA) is 110 Å². The maximum Gasteiger partial charge on any atom is 0.275 e. The van der Waals surface area contributed by atoms with Gasteiger partial charge in [0, 0.05) is 13.1 Å². The number of nitro benzene ring substituents is 1. The van der Waals surface area contributed by atoms with Crippen molar-refractivity contribution in [2.75, 3.05) is 17.7 Å². The molecular formula is C12H10FN5O3. The highest BCUT2D eigenvalue weighted by Gasteiger charge is 2.13. The maximum atomic E-state index is 13.2. The van der Waals surface area contributed by atoms with Gasteiger partial charge in [0.05, 0.1) is 29.1 Å². The molecule has 1 amide bonds. The van der Waals surface area contributed by atoms with Crippen molar-refractivity contribution in [3.63, 3.8) is 0 Å². The van der Waals surface area contributed by atoms with Crippen LogP contribution in [0.2, 0.25) is 0 Å². The summed E-state index contributed by atoms with van der Waals surface area (Å²) in [5.41, 5.74) is -0.492. The van der Waals surface area contributed by atoms with Crippen LogP contribution in [0.1, 0.15) is 10.5 Å². The number of nitrogens with zero attached hydrogens (tertiary/aromatic N) is 3. The molecule has 0 saturated carbocycles. The minimum absolute atomic E-state index is 0.000847. The number of anilines is 2. The Morgan fingerprint density at radius 3 is 2.62 bits per heavy atom. The third kappa shape index (κ3) is 3.47. The Bertz CT molecular complexity index is 690. The van der Waals surface area contributed by atoms with Gasteiger partial charge in [-0.25, -0.2) is 14.4 Å². The van der Waals surface area contributed by atoms with Crippen LogP contribution in [0.15, 0.2) is 30.6 Å². The molecule has 0 spiro atoms. The van der Waals surface area contributed by atoms with Crippen LogP contribution in [0.4, 0.5) is 21.6 Å². The first-order chi connectivity index (χ1) is 9.99. The smallest absolute Gasteiger partial charge is 0.275 e. The van der Waals surface area contributed by atoms with Gasteiger partial charge in [-0.3, -0.25) is 14.9 Å². The molecule has 21 heavy (non-hydrogen) atoms. The highest BCUT2D eigenvalue weighted by atomic mass is 19.1. The van der Waals surface area contributed by atoms with Gasteiger partial charge in [0.1, 0.15) is 17.3 Å². The lowest BCUT2D eigenvalue weighted by atomic mass is 10.2. The molecule has 2 aromatic rings. The summed E-state index contributed by atoms with van der Waals surface area (Å²) in [6, 6.07) is 2.79. The fourth-order valence-corrected chi connectivity index (χ4v) is 1.52. The predicted octanol–water partition coefficient (Wildman–Crippen LogP) is 1.82. The van der Waals surface area contributed by atoms with Crippen molar-refractivity contribution in [3.8, 4) is 0 Å². The Morgan fingerprint density at radius 2 is 2.05 bits per heavy atom. The van der Waals surface area contributed by atoms with E-state index in [-0.39, 0.29) is 11.4 Å². The molecule has 2 rings (SSSR count). The van der Waals surface area contributed by atoms with Crippen molar-refractivity contribution in [2.24, 2.45) is 0 Å². The summed E-state index contributed by atoms with van der Waals surface area (Å²) < 4.78 is 13.2. The monoisotopic (exact) mass is 291 g/mol. The van der Waals surface area contributed by atoms with Crippen LogP contribution in [0.25, 0.3) is 0 Å². The van der Waals surface area contributed by atoms with Crippen LogP contribution in [-0.4, -0.2) is 27.8 Å². The molecule has 8 nitrogen and oxygen atoms in total. The summed E-state index contributed by atoms with van der Waals surface area (Å²) in [7, 11) is 1.65. The first kappa shape index (κ1) is 14.3. The van der Waals surface area contributed by atoms with E-state index in [9.17, 15) is 19.3 Å². The van der Waals surface area contributed by atoms with Crippen LogP contribution in [-0.2, 0) is 0 Å². The number of rotatable bonds is 4. The fraction of sp³-hybridized carbons (Fsp3) is 0.0833. The maximum absolute atomic E-state index is 13.2. The molecule has 108 valence electrons. The number of aromatic nitrogens is 2. The first-order valence-electron chi connectivity index (χ1n) is 5.75. The second-order valence-corrected chi connectivity index (χ2v) is 3.95. The van der Waals surface area contributed by atoms with E-state index in [2.05, 4.69) is 20.6 Å². The quantitative estimate of drug-likeness (QED) is 0.656. The number of carbonyl (C=O) groups excluding carboxylic acids is 1. The summed E-state index contributed by atoms with van der Waals surface area (Å²) in [5, 5.41) is 15.7. The molecule has 0 fully saturated rings. The lowest BCUT2D eigenvalue weighted by Gasteiger charge is -2.05. The molecule has 0 radical (unpaired) electrons. The minimum Gasteiger partial charge on any atom is -0.372 e. The van der Waals surface area contributed by atoms with Gasteiger partial charge in [0.15, 0.2) is 0 Å². The number of nitro groups is 1. The zero-order valence-corrected chi connectivity index (χ0v) is 10.8. The lowest BCUT2D eigenvalue weighted by Crippen LogP contribution is -2.14. The zero-order chi connectivity index (χ0) is 15.4. The number of benzene rings is 1. The number of halogens is 1. The van der Waals surface area contributed by atoms with Crippen molar-refractivity contribution in [3.05, 3.63) is 52.2 Å². The molecule has 0 aliphatic carbocycles. The zero-order valence-electron chi connectivity index (χ0n) is 10.8. The Balaban J connectivity index is 2.20. The average molecular weight is 291 g/mol. The average Bonchev–Trinajstić information content (AvgIpc) is 2.46. The highest BCUT2D eigenvalue weighted by molar-refractivity contribution is 6.02. The molecule has 0 bridgehead atoms. The van der Waals surface area contributed by atoms with Gasteiger partial charge in [0.2, 0.25) is 0 Å². The molecule has 0 unspecified atom stereocenters. The number of hydrogen-bond donors (Lipinski definition) is 2. The van der Waals surface area contributed by atoms with Crippen LogP contribution in [0.3, 0.4) is 0 Å². The molecule has 0 aliphatic rings. The standard InChI is InChI=1S/C12H10FN5O3/c1-14-11-6-15-10(5-16-11)12(19)17-8-2-7(13)3-9(4-8)18(20)21/h2-6H,1H3,(H,14,16)(H,17,19). The molecule has 1 aromatic heterocycles. The number of hydrogen-bond acceptors (Lipinski definition) is 6. The van der Waals surface area contributed by atoms with Crippen molar-refractivity contribution < 1.29 is 14.1 Å². The minimum atomic E-state index is -0.823. The van der Waals surface area contributed by atoms with Gasteiger partial charge in [-0.1, -0.05) is 0 Å². The van der Waals surface area contributed by atoms with E-state index < -0.39 is 22.3 Å². The molecule has 1 aromatic carbocycles. The molecule has 0 aliphatic heterocycles. The predicted molar refractivity (Wildman–Crippen MR) is 72.6 cm³/mol. The van der Waals surface area contributed by atoms with E-state index in [1.54, 1.807) is 7.05 Å². The summed E-state index contributed by atoms with van der Waals surface area (Å²) in [4.78, 5) is 29.5. The van der Waals surface area contributed by atoms with Crippen molar-refractivity contribution >= 4 is 23.1 Å². The number of amides is 1. The largest absolute Gasteiger partial charge is 0.372 e. The van der Waals surface area contributed by atoms with Gasteiger partial charge >= 0.3 is 0 Å². The second kappa shape index (κ2) is 5.90. The summed E-state index contributed by atoms with van der Waals surface area (Å²) in [5.74, 6) is -0.992. The molecule has 2 N–H and O–H groups in total. The van der Waals surface area contributed by atoms with Crippen LogP contribution < -0.4 is 10.6 Å². The second-order valence-electron chi connectivity index (χ2n) is 3.95. The van der Waals surface area contributed by atoms with Gasteiger partial charge in [-0.2, -0.15) is 0 Å². The summed E-state index contributed by atoms with van der Waals surface area (Å²) in [6.07, 6.45) is 2.58. The highest BCUT2D eigenvalue weighted by Crippen LogP contribution is 2.20. The van der Waals surface area contributed by atoms with Gasteiger partial charge in [-0.05, 0) is 6.07 Å². The van der Waals surface area contributed by atoms with Crippen molar-refractivity contribution in [1.82, 2.24) is 9.97 Å². The van der Waals surface area contributed by atoms with E-state index in [1.165, 1.54) is 12.4 Å². The molecule has 9 heteroatoms. The van der Waals surface area contributed by atoms with Gasteiger partial charge in [-0.15, -0.1) is 0 Å². The Kier molecular flexibility index (Phi) is 4.02. The van der Waals surface area contributed by atoms with E-state index in [1.807, 2.05) is 0 Å². The van der Waals surface area contributed by atoms with Crippen LogP contribution in [0, 0.1) is 15.9 Å². The van der Waals surface area contributed by atoms with E-state index in [4.69, 9.17) is 0 Å². The van der Waals surface area contributed by atoms with Gasteiger partial charge in [0.25, 0.3) is 11.6 Å². The molecule has 1 heterocycles. The normalized spacial score (nSPS) is 10.0. The summed E-state index contributed by atoms with van der Waals surface area (Å²) >= 11 is 0. The molecule has 0 saturated heterocycles. The van der Waals surface area contributed by atoms with Crippen molar-refractivity contribution in [2.45, 2.75) is 0 Å². The number of nitrogens with one attached hydrogen (secondary N) is 2. The third-order valence-electron chi connectivity index (χ3n) is 2.49. The Morgan fingerprint density at radius 1 is 1.29 bits per heavy atom. The number of carbonyl (C=O) groups is 1. The Hall–Kier alpha value is -3.10. The number of non-ortho nitro benzene ring substituents is 1. The van der Waals surface area contributed by atoms with E-state index in [0.29, 0.717) is 5.82 Å².